The topological polar surface area (TPSA) is 0 Å². The number of unbranched alkanes of at least 4 members (excludes halogenated alkanes) is 2. The Labute approximate surface area is 228 Å². The lowest BCUT2D eigenvalue weighted by Crippen LogP contribution is -1.97. The number of aryl methyl sites for hydroxylation is 2. The van der Waals surface area contributed by atoms with Crippen LogP contribution in [0, 0.1) is 0 Å². The molecule has 0 saturated carbocycles. The molecular formula is C35H30Cl2. The molecule has 2 heteroatoms. The molecule has 0 radical (unpaired) electrons. The fourth-order valence-corrected chi connectivity index (χ4v) is 6.80. The van der Waals surface area contributed by atoms with Crippen molar-refractivity contribution < 1.29 is 0 Å². The average Bonchev–Trinajstić information content (AvgIpc) is 2.96. The van der Waals surface area contributed by atoms with Crippen LogP contribution in [0.4, 0.5) is 0 Å². The predicted octanol–water partition coefficient (Wildman–Crippen LogP) is 10.7. The van der Waals surface area contributed by atoms with Gasteiger partial charge in [0.1, 0.15) is 0 Å². The zero-order valence-electron chi connectivity index (χ0n) is 20.9. The van der Waals surface area contributed by atoms with Crippen LogP contribution in [0.25, 0.3) is 43.1 Å². The summed E-state index contributed by atoms with van der Waals surface area (Å²) in [6.45, 7) is 0. The first kappa shape index (κ1) is 24.3. The molecule has 0 saturated heterocycles. The molecule has 0 aliphatic carbocycles. The van der Waals surface area contributed by atoms with Crippen molar-refractivity contribution in [1.82, 2.24) is 0 Å². The Morgan fingerprint density at radius 1 is 0.324 bits per heavy atom. The van der Waals surface area contributed by atoms with Gasteiger partial charge in [0.2, 0.25) is 0 Å². The predicted molar refractivity (Wildman–Crippen MR) is 163 cm³/mol. The zero-order valence-corrected chi connectivity index (χ0v) is 22.5. The monoisotopic (exact) mass is 520 g/mol. The number of halogens is 2. The Balaban J connectivity index is 1.27. The van der Waals surface area contributed by atoms with Gasteiger partial charge >= 0.3 is 0 Å². The summed E-state index contributed by atoms with van der Waals surface area (Å²) in [7, 11) is 0. The normalized spacial score (nSPS) is 11.7. The summed E-state index contributed by atoms with van der Waals surface area (Å²) in [6.07, 6.45) is 5.69. The second-order valence-electron chi connectivity index (χ2n) is 9.92. The van der Waals surface area contributed by atoms with Crippen LogP contribution in [0.15, 0.2) is 97.1 Å². The highest BCUT2D eigenvalue weighted by Gasteiger charge is 2.14. The third-order valence-electron chi connectivity index (χ3n) is 7.93. The van der Waals surface area contributed by atoms with Gasteiger partial charge in [-0.2, -0.15) is 0 Å². The summed E-state index contributed by atoms with van der Waals surface area (Å²) in [4.78, 5) is 0. The van der Waals surface area contributed by atoms with Crippen LogP contribution in [-0.2, 0) is 24.6 Å². The maximum Gasteiger partial charge on any atom is 0.0486 e. The lowest BCUT2D eigenvalue weighted by atomic mass is 9.88. The van der Waals surface area contributed by atoms with Crippen LogP contribution < -0.4 is 0 Å². The molecule has 37 heavy (non-hydrogen) atoms. The summed E-state index contributed by atoms with van der Waals surface area (Å²) in [5, 5.41) is 10.6. The minimum atomic E-state index is 0.533. The smallest absolute Gasteiger partial charge is 0.0486 e. The first-order chi connectivity index (χ1) is 18.3. The highest BCUT2D eigenvalue weighted by molar-refractivity contribution is 6.21. The lowest BCUT2D eigenvalue weighted by Gasteiger charge is -2.17. The van der Waals surface area contributed by atoms with Gasteiger partial charge in [0, 0.05) is 11.8 Å². The van der Waals surface area contributed by atoms with Crippen molar-refractivity contribution >= 4 is 66.3 Å². The maximum atomic E-state index is 6.44. The van der Waals surface area contributed by atoms with E-state index < -0.39 is 0 Å². The number of benzene rings is 6. The molecule has 0 atom stereocenters. The van der Waals surface area contributed by atoms with E-state index in [0.717, 1.165) is 12.8 Å². The molecule has 0 bridgehead atoms. The Morgan fingerprint density at radius 2 is 0.568 bits per heavy atom. The van der Waals surface area contributed by atoms with Crippen molar-refractivity contribution in [2.24, 2.45) is 0 Å². The molecular weight excluding hydrogens is 491 g/mol. The molecule has 6 aromatic carbocycles. The van der Waals surface area contributed by atoms with Gasteiger partial charge in [-0.15, -0.1) is 23.2 Å². The molecule has 0 aliphatic rings. The summed E-state index contributed by atoms with van der Waals surface area (Å²) in [5.41, 5.74) is 5.41. The largest absolute Gasteiger partial charge is 0.122 e. The van der Waals surface area contributed by atoms with Crippen LogP contribution in [0.5, 0.6) is 0 Å². The van der Waals surface area contributed by atoms with Crippen molar-refractivity contribution in [3.63, 3.8) is 0 Å². The Morgan fingerprint density at radius 3 is 0.811 bits per heavy atom. The average molecular weight is 522 g/mol. The minimum absolute atomic E-state index is 0.533. The molecule has 6 rings (SSSR count). The number of hydrogen-bond donors (Lipinski definition) is 0. The molecule has 0 nitrogen and oxygen atoms in total. The van der Waals surface area contributed by atoms with E-state index in [9.17, 15) is 0 Å². The van der Waals surface area contributed by atoms with Crippen molar-refractivity contribution in [1.29, 1.82) is 0 Å². The highest BCUT2D eigenvalue weighted by atomic mass is 35.5. The van der Waals surface area contributed by atoms with Gasteiger partial charge in [-0.3, -0.25) is 0 Å². The van der Waals surface area contributed by atoms with Crippen LogP contribution in [0.2, 0.25) is 0 Å². The van der Waals surface area contributed by atoms with E-state index in [1.54, 1.807) is 0 Å². The van der Waals surface area contributed by atoms with Crippen LogP contribution in [0.1, 0.15) is 41.5 Å². The first-order valence-corrected chi connectivity index (χ1v) is 14.3. The van der Waals surface area contributed by atoms with Gasteiger partial charge in [0.15, 0.2) is 0 Å². The number of rotatable bonds is 8. The quantitative estimate of drug-likeness (QED) is 0.106. The van der Waals surface area contributed by atoms with E-state index >= 15 is 0 Å². The van der Waals surface area contributed by atoms with E-state index in [2.05, 4.69) is 97.1 Å². The van der Waals surface area contributed by atoms with Crippen LogP contribution >= 0.6 is 23.2 Å². The summed E-state index contributed by atoms with van der Waals surface area (Å²) >= 11 is 12.9. The summed E-state index contributed by atoms with van der Waals surface area (Å²) < 4.78 is 0. The third kappa shape index (κ3) is 4.37. The number of hydrogen-bond acceptors (Lipinski definition) is 0. The van der Waals surface area contributed by atoms with Gasteiger partial charge < -0.3 is 0 Å². The second kappa shape index (κ2) is 10.7. The van der Waals surface area contributed by atoms with Gasteiger partial charge in [0.25, 0.3) is 0 Å². The van der Waals surface area contributed by atoms with E-state index in [0.29, 0.717) is 11.8 Å². The zero-order chi connectivity index (χ0) is 25.2. The van der Waals surface area contributed by atoms with Gasteiger partial charge in [-0.1, -0.05) is 103 Å². The SMILES string of the molecule is ClCc1c2ccccc2c(CCCCCc2c3ccccc3c(CCl)c3ccccc23)c2ccccc12. The second-order valence-corrected chi connectivity index (χ2v) is 10.5. The van der Waals surface area contributed by atoms with Crippen LogP contribution in [-0.4, -0.2) is 0 Å². The van der Waals surface area contributed by atoms with E-state index in [4.69, 9.17) is 23.2 Å². The maximum absolute atomic E-state index is 6.44. The third-order valence-corrected chi connectivity index (χ3v) is 8.46. The molecule has 0 aromatic heterocycles. The standard InChI is InChI=1S/C35H30Cl2/c36-22-34-30-18-8-4-14-26(30)24(27-15-5-9-19-31(27)34)12-2-1-3-13-25-28-16-6-10-20-32(28)35(23-37)33-21-11-7-17-29(25)33/h4-11,14-21H,1-3,12-13,22-23H2. The first-order valence-electron chi connectivity index (χ1n) is 13.3. The number of alkyl halides is 2. The number of fused-ring (bicyclic) bond motifs is 4. The van der Waals surface area contributed by atoms with E-state index in [1.807, 2.05) is 0 Å². The fourth-order valence-electron chi connectivity index (χ4n) is 6.22. The van der Waals surface area contributed by atoms with Crippen molar-refractivity contribution in [3.05, 3.63) is 119 Å². The van der Waals surface area contributed by atoms with Gasteiger partial charge in [-0.25, -0.2) is 0 Å². The molecule has 0 aliphatic heterocycles. The summed E-state index contributed by atoms with van der Waals surface area (Å²) in [6, 6.07) is 35.1. The molecule has 0 heterocycles. The Hall–Kier alpha value is -3.06. The Bertz CT molecular complexity index is 1490. The molecule has 6 aromatic rings. The molecule has 0 amide bonds. The molecule has 0 unspecified atom stereocenters. The lowest BCUT2D eigenvalue weighted by molar-refractivity contribution is 0.684. The highest BCUT2D eigenvalue weighted by Crippen LogP contribution is 2.36. The van der Waals surface area contributed by atoms with E-state index in [1.165, 1.54) is 84.6 Å². The van der Waals surface area contributed by atoms with Crippen molar-refractivity contribution in [2.75, 3.05) is 0 Å². The molecule has 0 spiro atoms. The van der Waals surface area contributed by atoms with Gasteiger partial charge in [0.05, 0.1) is 0 Å². The Kier molecular flexibility index (Phi) is 7.05. The molecule has 0 fully saturated rings. The minimum Gasteiger partial charge on any atom is -0.122 e. The van der Waals surface area contributed by atoms with Crippen molar-refractivity contribution in [3.8, 4) is 0 Å². The molecule has 0 N–H and O–H groups in total. The van der Waals surface area contributed by atoms with Gasteiger partial charge in [-0.05, 0) is 91.0 Å². The van der Waals surface area contributed by atoms with Crippen LogP contribution in [0.3, 0.4) is 0 Å². The molecule has 184 valence electrons. The summed E-state index contributed by atoms with van der Waals surface area (Å²) in [5.74, 6) is 1.07. The van der Waals surface area contributed by atoms with Crippen molar-refractivity contribution in [2.45, 2.75) is 43.9 Å². The fraction of sp³-hybridized carbons (Fsp3) is 0.200. The van der Waals surface area contributed by atoms with E-state index in [-0.39, 0.29) is 0 Å².